The smallest absolute Gasteiger partial charge is 0.0340 e. The monoisotopic (exact) mass is 392 g/mol. The van der Waals surface area contributed by atoms with E-state index in [9.17, 15) is 0 Å². The highest BCUT2D eigenvalue weighted by Crippen LogP contribution is 2.18. The zero-order valence-electron chi connectivity index (χ0n) is 19.0. The van der Waals surface area contributed by atoms with Crippen LogP contribution in [0.2, 0.25) is 0 Å². The van der Waals surface area contributed by atoms with Crippen LogP contribution in [0, 0.1) is 26.7 Å². The Labute approximate surface area is 179 Å². The summed E-state index contributed by atoms with van der Waals surface area (Å²) >= 11 is 0. The summed E-state index contributed by atoms with van der Waals surface area (Å²) in [6.07, 6.45) is 5.28. The van der Waals surface area contributed by atoms with Gasteiger partial charge in [-0.1, -0.05) is 85.1 Å². The molecule has 1 N–H and O–H groups in total. The molecule has 2 nitrogen and oxygen atoms in total. The Morgan fingerprint density at radius 3 is 1.86 bits per heavy atom. The first kappa shape index (κ1) is 23.2. The summed E-state index contributed by atoms with van der Waals surface area (Å²) in [6, 6.07) is 17.1. The first-order valence-corrected chi connectivity index (χ1v) is 11.2. The highest BCUT2D eigenvalue weighted by atomic mass is 15.1. The Bertz CT molecular complexity index is 686. The molecule has 0 bridgehead atoms. The van der Waals surface area contributed by atoms with E-state index in [1.54, 1.807) is 0 Å². The molecule has 2 aromatic rings. The SMILES string of the molecule is C=C(NCC1CCN(CCCC)CC1)c1ccc(C)cc1.Cc1ccc(C)cc1. The summed E-state index contributed by atoms with van der Waals surface area (Å²) < 4.78 is 0. The number of hydrogen-bond acceptors (Lipinski definition) is 2. The average molecular weight is 393 g/mol. The quantitative estimate of drug-likeness (QED) is 0.589. The molecule has 0 atom stereocenters. The van der Waals surface area contributed by atoms with Crippen LogP contribution >= 0.6 is 0 Å². The predicted octanol–water partition coefficient (Wildman–Crippen LogP) is 6.37. The molecule has 158 valence electrons. The van der Waals surface area contributed by atoms with Crippen molar-refractivity contribution in [3.05, 3.63) is 77.4 Å². The fourth-order valence-corrected chi connectivity index (χ4v) is 3.56. The Hall–Kier alpha value is -2.06. The van der Waals surface area contributed by atoms with Gasteiger partial charge in [-0.05, 0) is 71.1 Å². The Morgan fingerprint density at radius 2 is 1.38 bits per heavy atom. The van der Waals surface area contributed by atoms with Crippen molar-refractivity contribution in [3.8, 4) is 0 Å². The minimum Gasteiger partial charge on any atom is -0.385 e. The van der Waals surface area contributed by atoms with Gasteiger partial charge >= 0.3 is 0 Å². The molecule has 0 amide bonds. The zero-order chi connectivity index (χ0) is 21.1. The lowest BCUT2D eigenvalue weighted by Gasteiger charge is -2.32. The lowest BCUT2D eigenvalue weighted by molar-refractivity contribution is 0.183. The Balaban J connectivity index is 0.000000313. The number of likely N-dealkylation sites (tertiary alicyclic amines) is 1. The molecular weight excluding hydrogens is 352 g/mol. The Morgan fingerprint density at radius 1 is 0.897 bits per heavy atom. The van der Waals surface area contributed by atoms with Crippen molar-refractivity contribution < 1.29 is 0 Å². The van der Waals surface area contributed by atoms with Crippen molar-refractivity contribution in [2.24, 2.45) is 5.92 Å². The van der Waals surface area contributed by atoms with Crippen LogP contribution in [-0.2, 0) is 0 Å². The minimum absolute atomic E-state index is 0.796. The number of nitrogens with zero attached hydrogens (tertiary/aromatic N) is 1. The van der Waals surface area contributed by atoms with Crippen molar-refractivity contribution in [3.63, 3.8) is 0 Å². The molecule has 1 fully saturated rings. The largest absolute Gasteiger partial charge is 0.385 e. The van der Waals surface area contributed by atoms with Crippen molar-refractivity contribution in [1.29, 1.82) is 0 Å². The highest BCUT2D eigenvalue weighted by molar-refractivity contribution is 5.61. The molecule has 1 saturated heterocycles. The molecule has 29 heavy (non-hydrogen) atoms. The van der Waals surface area contributed by atoms with Gasteiger partial charge in [-0.15, -0.1) is 0 Å². The molecule has 2 aromatic carbocycles. The van der Waals surface area contributed by atoms with E-state index in [1.165, 1.54) is 67.6 Å². The van der Waals surface area contributed by atoms with Crippen LogP contribution < -0.4 is 5.32 Å². The maximum atomic E-state index is 4.17. The van der Waals surface area contributed by atoms with E-state index in [1.807, 2.05) is 0 Å². The van der Waals surface area contributed by atoms with Crippen molar-refractivity contribution in [1.82, 2.24) is 10.2 Å². The number of piperidine rings is 1. The molecule has 3 rings (SSSR count). The van der Waals surface area contributed by atoms with E-state index < -0.39 is 0 Å². The van der Waals surface area contributed by atoms with E-state index >= 15 is 0 Å². The lowest BCUT2D eigenvalue weighted by Crippen LogP contribution is -2.37. The van der Waals surface area contributed by atoms with Gasteiger partial charge in [-0.25, -0.2) is 0 Å². The molecule has 0 saturated carbocycles. The van der Waals surface area contributed by atoms with Gasteiger partial charge in [0.1, 0.15) is 0 Å². The average Bonchev–Trinajstić information content (AvgIpc) is 2.74. The van der Waals surface area contributed by atoms with Gasteiger partial charge in [0.2, 0.25) is 0 Å². The standard InChI is InChI=1S/C19H30N2.C8H10/c1-4-5-12-21-13-10-18(11-14-21)15-20-17(3)19-8-6-16(2)7-9-19;1-7-3-5-8(2)6-4-7/h6-9,18,20H,3-5,10-15H2,1-2H3;3-6H,1-2H3. The van der Waals surface area contributed by atoms with Crippen LogP contribution in [0.1, 0.15) is 54.9 Å². The van der Waals surface area contributed by atoms with E-state index in [0.717, 1.165) is 18.2 Å². The topological polar surface area (TPSA) is 15.3 Å². The molecule has 0 aliphatic carbocycles. The number of unbranched alkanes of at least 4 members (excludes halogenated alkanes) is 1. The van der Waals surface area contributed by atoms with Gasteiger partial charge < -0.3 is 10.2 Å². The fourth-order valence-electron chi connectivity index (χ4n) is 3.56. The molecule has 0 radical (unpaired) electrons. The first-order valence-electron chi connectivity index (χ1n) is 11.2. The number of rotatable bonds is 7. The molecule has 1 aliphatic rings. The van der Waals surface area contributed by atoms with Crippen LogP contribution in [0.25, 0.3) is 5.70 Å². The van der Waals surface area contributed by atoms with E-state index in [2.05, 4.69) is 93.0 Å². The molecule has 0 aromatic heterocycles. The highest BCUT2D eigenvalue weighted by Gasteiger charge is 2.18. The lowest BCUT2D eigenvalue weighted by atomic mass is 9.96. The van der Waals surface area contributed by atoms with Crippen LogP contribution in [0.3, 0.4) is 0 Å². The number of hydrogen-bond donors (Lipinski definition) is 1. The molecule has 0 unspecified atom stereocenters. The summed E-state index contributed by atoms with van der Waals surface area (Å²) in [7, 11) is 0. The van der Waals surface area contributed by atoms with Crippen LogP contribution in [0.4, 0.5) is 0 Å². The summed E-state index contributed by atoms with van der Waals surface area (Å²) in [5, 5.41) is 3.53. The number of nitrogens with one attached hydrogen (secondary N) is 1. The summed E-state index contributed by atoms with van der Waals surface area (Å²) in [5.41, 5.74) is 6.22. The second-order valence-electron chi connectivity index (χ2n) is 8.52. The first-order chi connectivity index (χ1) is 14.0. The van der Waals surface area contributed by atoms with Gasteiger partial charge in [0.15, 0.2) is 0 Å². The van der Waals surface area contributed by atoms with Crippen LogP contribution in [0.15, 0.2) is 55.1 Å². The second kappa shape index (κ2) is 12.5. The van der Waals surface area contributed by atoms with Gasteiger partial charge in [-0.3, -0.25) is 0 Å². The molecular formula is C27H40N2. The van der Waals surface area contributed by atoms with Gasteiger partial charge in [0.05, 0.1) is 0 Å². The molecule has 1 heterocycles. The van der Waals surface area contributed by atoms with Crippen molar-refractivity contribution in [2.75, 3.05) is 26.2 Å². The van der Waals surface area contributed by atoms with Crippen LogP contribution in [0.5, 0.6) is 0 Å². The molecule has 2 heteroatoms. The van der Waals surface area contributed by atoms with Gasteiger partial charge in [-0.2, -0.15) is 0 Å². The third kappa shape index (κ3) is 8.87. The minimum atomic E-state index is 0.796. The number of aryl methyl sites for hydroxylation is 3. The van der Waals surface area contributed by atoms with Gasteiger partial charge in [0, 0.05) is 12.2 Å². The molecule has 0 spiro atoms. The maximum Gasteiger partial charge on any atom is 0.0340 e. The van der Waals surface area contributed by atoms with E-state index in [-0.39, 0.29) is 0 Å². The molecule has 1 aliphatic heterocycles. The third-order valence-corrected chi connectivity index (χ3v) is 5.76. The predicted molar refractivity (Wildman–Crippen MR) is 128 cm³/mol. The summed E-state index contributed by atoms with van der Waals surface area (Å²) in [5.74, 6) is 0.796. The maximum absolute atomic E-state index is 4.17. The van der Waals surface area contributed by atoms with Crippen LogP contribution in [-0.4, -0.2) is 31.1 Å². The summed E-state index contributed by atoms with van der Waals surface area (Å²) in [4.78, 5) is 2.62. The Kier molecular flexibility index (Phi) is 10.0. The van der Waals surface area contributed by atoms with Gasteiger partial charge in [0.25, 0.3) is 0 Å². The number of benzene rings is 2. The van der Waals surface area contributed by atoms with E-state index in [0.29, 0.717) is 0 Å². The van der Waals surface area contributed by atoms with E-state index in [4.69, 9.17) is 0 Å². The fraction of sp³-hybridized carbons (Fsp3) is 0.481. The van der Waals surface area contributed by atoms with Crippen molar-refractivity contribution >= 4 is 5.70 Å². The third-order valence-electron chi connectivity index (χ3n) is 5.76. The normalized spacial score (nSPS) is 14.8. The second-order valence-corrected chi connectivity index (χ2v) is 8.52. The summed E-state index contributed by atoms with van der Waals surface area (Å²) in [6.45, 7) is 17.6. The van der Waals surface area contributed by atoms with Crippen molar-refractivity contribution in [2.45, 2.75) is 53.4 Å². The zero-order valence-corrected chi connectivity index (χ0v) is 19.0.